The van der Waals surface area contributed by atoms with E-state index < -0.39 is 12.0 Å². The lowest BCUT2D eigenvalue weighted by atomic mass is 9.96. The van der Waals surface area contributed by atoms with E-state index in [0.29, 0.717) is 5.69 Å². The van der Waals surface area contributed by atoms with Gasteiger partial charge in [-0.25, -0.2) is 9.78 Å². The first-order chi connectivity index (χ1) is 9.16. The molecule has 1 aromatic rings. The van der Waals surface area contributed by atoms with E-state index in [4.69, 9.17) is 5.11 Å². The van der Waals surface area contributed by atoms with Crippen LogP contribution in [0.4, 0.5) is 0 Å². The fraction of sp³-hybridized carbons (Fsp3) is 0.583. The Bertz CT molecular complexity index is 426. The molecule has 1 atom stereocenters. The highest BCUT2D eigenvalue weighted by Gasteiger charge is 2.26. The zero-order valence-electron chi connectivity index (χ0n) is 10.6. The second kappa shape index (κ2) is 6.33. The largest absolute Gasteiger partial charge is 0.480 e. The molecule has 1 amide bonds. The molecule has 0 radical (unpaired) electrons. The van der Waals surface area contributed by atoms with Crippen molar-refractivity contribution in [3.05, 3.63) is 18.2 Å². The third kappa shape index (κ3) is 3.78. The maximum Gasteiger partial charge on any atom is 0.326 e. The smallest absolute Gasteiger partial charge is 0.326 e. The quantitative estimate of drug-likeness (QED) is 0.576. The summed E-state index contributed by atoms with van der Waals surface area (Å²) in [5.41, 5.74) is 0.693. The molecule has 1 aliphatic heterocycles. The van der Waals surface area contributed by atoms with Crippen LogP contribution in [0.1, 0.15) is 18.5 Å². The van der Waals surface area contributed by atoms with Crippen LogP contribution in [0.2, 0.25) is 0 Å². The Kier molecular flexibility index (Phi) is 4.51. The zero-order chi connectivity index (χ0) is 13.7. The molecule has 2 rings (SSSR count). The topological polar surface area (TPSA) is 107 Å². The van der Waals surface area contributed by atoms with Crippen molar-refractivity contribution in [1.29, 1.82) is 0 Å². The fourth-order valence-electron chi connectivity index (χ4n) is 2.19. The van der Waals surface area contributed by atoms with Crippen molar-refractivity contribution in [1.82, 2.24) is 20.6 Å². The van der Waals surface area contributed by atoms with E-state index in [9.17, 15) is 9.59 Å². The van der Waals surface area contributed by atoms with E-state index in [1.54, 1.807) is 6.20 Å². The van der Waals surface area contributed by atoms with E-state index >= 15 is 0 Å². The van der Waals surface area contributed by atoms with Gasteiger partial charge in [-0.3, -0.25) is 4.79 Å². The summed E-state index contributed by atoms with van der Waals surface area (Å²) in [5, 5.41) is 14.9. The lowest BCUT2D eigenvalue weighted by molar-refractivity contribution is -0.142. The number of carbonyl (C=O) groups is 2. The number of piperidine rings is 1. The number of imidazole rings is 1. The van der Waals surface area contributed by atoms with Crippen molar-refractivity contribution < 1.29 is 14.7 Å². The minimum atomic E-state index is -1.03. The van der Waals surface area contributed by atoms with Crippen LogP contribution in [0.15, 0.2) is 12.5 Å². The first-order valence-electron chi connectivity index (χ1n) is 6.38. The van der Waals surface area contributed by atoms with Gasteiger partial charge >= 0.3 is 5.97 Å². The Balaban J connectivity index is 1.92. The Morgan fingerprint density at radius 1 is 1.47 bits per heavy atom. The average Bonchev–Trinajstić information content (AvgIpc) is 2.91. The molecule has 0 spiro atoms. The van der Waals surface area contributed by atoms with Gasteiger partial charge in [-0.15, -0.1) is 0 Å². The van der Waals surface area contributed by atoms with Crippen LogP contribution in [0.3, 0.4) is 0 Å². The van der Waals surface area contributed by atoms with Crippen LogP contribution in [0.5, 0.6) is 0 Å². The number of hydrogen-bond donors (Lipinski definition) is 4. The number of aromatic nitrogens is 2. The van der Waals surface area contributed by atoms with Gasteiger partial charge in [0, 0.05) is 24.2 Å². The summed E-state index contributed by atoms with van der Waals surface area (Å²) in [6.07, 6.45) is 4.77. The molecule has 0 unspecified atom stereocenters. The molecule has 1 aromatic heterocycles. The van der Waals surface area contributed by atoms with Crippen LogP contribution >= 0.6 is 0 Å². The number of nitrogens with one attached hydrogen (secondary N) is 3. The van der Waals surface area contributed by atoms with Crippen molar-refractivity contribution in [3.63, 3.8) is 0 Å². The molecule has 0 bridgehead atoms. The number of amides is 1. The van der Waals surface area contributed by atoms with Crippen LogP contribution < -0.4 is 10.6 Å². The van der Waals surface area contributed by atoms with Crippen LogP contribution in [0, 0.1) is 5.92 Å². The molecule has 0 saturated carbocycles. The molecule has 1 saturated heterocycles. The van der Waals surface area contributed by atoms with E-state index in [0.717, 1.165) is 25.9 Å². The van der Waals surface area contributed by atoms with Gasteiger partial charge in [0.25, 0.3) is 0 Å². The Hall–Kier alpha value is -1.89. The van der Waals surface area contributed by atoms with Gasteiger partial charge in [-0.05, 0) is 25.9 Å². The van der Waals surface area contributed by atoms with Crippen LogP contribution in [-0.2, 0) is 16.0 Å². The van der Waals surface area contributed by atoms with E-state index in [2.05, 4.69) is 20.6 Å². The van der Waals surface area contributed by atoms with Gasteiger partial charge in [0.15, 0.2) is 0 Å². The summed E-state index contributed by atoms with van der Waals surface area (Å²) in [4.78, 5) is 29.9. The van der Waals surface area contributed by atoms with E-state index in [1.807, 2.05) is 0 Å². The number of nitrogens with zero attached hydrogens (tertiary/aromatic N) is 1. The standard InChI is InChI=1S/C12H18N4O3/c17-11(8-1-3-13-4-2-8)16-10(12(18)19)5-9-6-14-7-15-9/h6-8,10,13H,1-5H2,(H,14,15)(H,16,17)(H,18,19)/t10-/m1/s1. The maximum atomic E-state index is 12.0. The Morgan fingerprint density at radius 3 is 2.79 bits per heavy atom. The van der Waals surface area contributed by atoms with Gasteiger partial charge in [-0.2, -0.15) is 0 Å². The van der Waals surface area contributed by atoms with Crippen LogP contribution in [0.25, 0.3) is 0 Å². The summed E-state index contributed by atoms with van der Waals surface area (Å²) >= 11 is 0. The summed E-state index contributed by atoms with van der Waals surface area (Å²) in [6, 6.07) is -0.914. The number of rotatable bonds is 5. The molecule has 2 heterocycles. The number of hydrogen-bond acceptors (Lipinski definition) is 4. The van der Waals surface area contributed by atoms with Crippen molar-refractivity contribution in [2.75, 3.05) is 13.1 Å². The molecule has 0 aliphatic carbocycles. The molecular weight excluding hydrogens is 248 g/mol. The van der Waals surface area contributed by atoms with Crippen molar-refractivity contribution in [3.8, 4) is 0 Å². The summed E-state index contributed by atoms with van der Waals surface area (Å²) in [5.74, 6) is -1.30. The van der Waals surface area contributed by atoms with E-state index in [-0.39, 0.29) is 18.2 Å². The molecule has 1 fully saturated rings. The zero-order valence-corrected chi connectivity index (χ0v) is 10.6. The number of aromatic amines is 1. The predicted octanol–water partition coefficient (Wildman–Crippen LogP) is -0.479. The highest BCUT2D eigenvalue weighted by Crippen LogP contribution is 2.12. The molecule has 0 aromatic carbocycles. The first kappa shape index (κ1) is 13.5. The van der Waals surface area contributed by atoms with Gasteiger partial charge in [0.05, 0.1) is 6.33 Å². The maximum absolute atomic E-state index is 12.0. The van der Waals surface area contributed by atoms with Crippen molar-refractivity contribution >= 4 is 11.9 Å². The molecule has 7 heteroatoms. The van der Waals surface area contributed by atoms with Gasteiger partial charge in [0.2, 0.25) is 5.91 Å². The highest BCUT2D eigenvalue weighted by atomic mass is 16.4. The van der Waals surface area contributed by atoms with Gasteiger partial charge in [-0.1, -0.05) is 0 Å². The molecule has 104 valence electrons. The van der Waals surface area contributed by atoms with Gasteiger partial charge in [0.1, 0.15) is 6.04 Å². The minimum Gasteiger partial charge on any atom is -0.480 e. The number of carboxylic acid groups (broad SMARTS) is 1. The summed E-state index contributed by atoms with van der Waals surface area (Å²) in [6.45, 7) is 1.60. The number of carbonyl (C=O) groups excluding carboxylic acids is 1. The molecule has 7 nitrogen and oxygen atoms in total. The predicted molar refractivity (Wildman–Crippen MR) is 67.5 cm³/mol. The lowest BCUT2D eigenvalue weighted by Gasteiger charge is -2.23. The molecule has 1 aliphatic rings. The third-order valence-corrected chi connectivity index (χ3v) is 3.30. The number of aliphatic carboxylic acids is 1. The second-order valence-corrected chi connectivity index (χ2v) is 4.70. The monoisotopic (exact) mass is 266 g/mol. The Labute approximate surface area is 110 Å². The molecule has 4 N–H and O–H groups in total. The third-order valence-electron chi connectivity index (χ3n) is 3.30. The van der Waals surface area contributed by atoms with Gasteiger partial charge < -0.3 is 20.7 Å². The van der Waals surface area contributed by atoms with E-state index in [1.165, 1.54) is 6.33 Å². The number of H-pyrrole nitrogens is 1. The van der Waals surface area contributed by atoms with Crippen LogP contribution in [-0.4, -0.2) is 46.1 Å². The first-order valence-corrected chi connectivity index (χ1v) is 6.38. The van der Waals surface area contributed by atoms with Crippen molar-refractivity contribution in [2.45, 2.75) is 25.3 Å². The molecule has 19 heavy (non-hydrogen) atoms. The highest BCUT2D eigenvalue weighted by molar-refractivity contribution is 5.85. The Morgan fingerprint density at radius 2 is 2.21 bits per heavy atom. The lowest BCUT2D eigenvalue weighted by Crippen LogP contribution is -2.47. The molecular formula is C12H18N4O3. The normalized spacial score (nSPS) is 17.9. The second-order valence-electron chi connectivity index (χ2n) is 4.70. The summed E-state index contributed by atoms with van der Waals surface area (Å²) in [7, 11) is 0. The average molecular weight is 266 g/mol. The minimum absolute atomic E-state index is 0.0927. The number of carboxylic acids is 1. The van der Waals surface area contributed by atoms with Crippen molar-refractivity contribution in [2.24, 2.45) is 5.92 Å². The SMILES string of the molecule is O=C(N[C@H](Cc1cnc[nH]1)C(=O)O)C1CCNCC1. The summed E-state index contributed by atoms with van der Waals surface area (Å²) < 4.78 is 0. The fourth-order valence-corrected chi connectivity index (χ4v) is 2.19.